The topological polar surface area (TPSA) is 12.0 Å². The smallest absolute Gasteiger partial charge is 0.0582 e. The first-order chi connectivity index (χ1) is 10.3. The van der Waals surface area contributed by atoms with Crippen LogP contribution >= 0.6 is 0 Å². The third-order valence-corrected chi connectivity index (χ3v) is 4.03. The maximum absolute atomic E-state index is 3.63. The summed E-state index contributed by atoms with van der Waals surface area (Å²) >= 11 is 0. The van der Waals surface area contributed by atoms with Crippen LogP contribution in [0.1, 0.15) is 29.7 Å². The number of fused-ring (bicyclic) bond motifs is 1. The summed E-state index contributed by atoms with van der Waals surface area (Å²) < 4.78 is 0. The summed E-state index contributed by atoms with van der Waals surface area (Å²) in [7, 11) is 0. The second-order valence-corrected chi connectivity index (χ2v) is 5.42. The lowest BCUT2D eigenvalue weighted by Gasteiger charge is -2.21. The van der Waals surface area contributed by atoms with Gasteiger partial charge in [-0.1, -0.05) is 73.7 Å². The molecular formula is C20H21N. The standard InChI is InChI=1S/C20H21N/c1-3-21-20(16-9-5-4-6-10-16)19-14-13-15(2)17-11-7-8-12-18(17)19/h4-14,20-21H,3H2,1-2H3. The number of rotatable bonds is 4. The molecule has 1 atom stereocenters. The molecule has 0 aliphatic rings. The zero-order chi connectivity index (χ0) is 14.7. The summed E-state index contributed by atoms with van der Waals surface area (Å²) in [4.78, 5) is 0. The van der Waals surface area contributed by atoms with Crippen LogP contribution in [0.5, 0.6) is 0 Å². The Morgan fingerprint density at radius 2 is 1.48 bits per heavy atom. The van der Waals surface area contributed by atoms with E-state index < -0.39 is 0 Å². The van der Waals surface area contributed by atoms with Crippen molar-refractivity contribution in [3.05, 3.63) is 83.4 Å². The monoisotopic (exact) mass is 275 g/mol. The Bertz CT molecular complexity index is 731. The highest BCUT2D eigenvalue weighted by atomic mass is 14.9. The fourth-order valence-corrected chi connectivity index (χ4v) is 2.98. The normalized spacial score (nSPS) is 12.5. The van der Waals surface area contributed by atoms with Crippen LogP contribution in [0.2, 0.25) is 0 Å². The van der Waals surface area contributed by atoms with Crippen LogP contribution in [-0.4, -0.2) is 6.54 Å². The maximum atomic E-state index is 3.63. The minimum Gasteiger partial charge on any atom is -0.307 e. The summed E-state index contributed by atoms with van der Waals surface area (Å²) in [5.41, 5.74) is 4.00. The van der Waals surface area contributed by atoms with Crippen LogP contribution in [0.4, 0.5) is 0 Å². The highest BCUT2D eigenvalue weighted by molar-refractivity contribution is 5.89. The second-order valence-electron chi connectivity index (χ2n) is 5.42. The molecule has 0 saturated carbocycles. The summed E-state index contributed by atoms with van der Waals surface area (Å²) in [5.74, 6) is 0. The molecule has 0 amide bonds. The van der Waals surface area contributed by atoms with Crippen molar-refractivity contribution in [2.45, 2.75) is 19.9 Å². The van der Waals surface area contributed by atoms with Crippen LogP contribution in [0.3, 0.4) is 0 Å². The van der Waals surface area contributed by atoms with Crippen molar-refractivity contribution in [2.24, 2.45) is 0 Å². The van der Waals surface area contributed by atoms with Crippen molar-refractivity contribution < 1.29 is 0 Å². The van der Waals surface area contributed by atoms with Crippen LogP contribution in [-0.2, 0) is 0 Å². The molecule has 106 valence electrons. The Kier molecular flexibility index (Phi) is 4.03. The predicted octanol–water partition coefficient (Wildman–Crippen LogP) is 4.85. The molecule has 0 aliphatic carbocycles. The molecule has 1 N–H and O–H groups in total. The number of benzene rings is 3. The van der Waals surface area contributed by atoms with Gasteiger partial charge in [-0.3, -0.25) is 0 Å². The SMILES string of the molecule is CCNC(c1ccccc1)c1ccc(C)c2ccccc12. The lowest BCUT2D eigenvalue weighted by atomic mass is 9.92. The molecule has 0 saturated heterocycles. The second kappa shape index (κ2) is 6.11. The molecule has 0 aromatic heterocycles. The Morgan fingerprint density at radius 1 is 0.810 bits per heavy atom. The average molecular weight is 275 g/mol. The third-order valence-electron chi connectivity index (χ3n) is 4.03. The first-order valence-corrected chi connectivity index (χ1v) is 7.58. The van der Waals surface area contributed by atoms with Gasteiger partial charge in [0.2, 0.25) is 0 Å². The number of nitrogens with one attached hydrogen (secondary N) is 1. The molecule has 1 heteroatoms. The number of hydrogen-bond acceptors (Lipinski definition) is 1. The van der Waals surface area contributed by atoms with Gasteiger partial charge in [0.1, 0.15) is 0 Å². The lowest BCUT2D eigenvalue weighted by molar-refractivity contribution is 0.634. The van der Waals surface area contributed by atoms with Crippen LogP contribution in [0.15, 0.2) is 66.7 Å². The first-order valence-electron chi connectivity index (χ1n) is 7.58. The van der Waals surface area contributed by atoms with Crippen molar-refractivity contribution in [1.29, 1.82) is 0 Å². The Hall–Kier alpha value is -2.12. The molecule has 0 radical (unpaired) electrons. The van der Waals surface area contributed by atoms with Crippen molar-refractivity contribution in [2.75, 3.05) is 6.54 Å². The van der Waals surface area contributed by atoms with E-state index in [1.165, 1.54) is 27.5 Å². The minimum atomic E-state index is 0.238. The lowest BCUT2D eigenvalue weighted by Crippen LogP contribution is -2.22. The highest BCUT2D eigenvalue weighted by Gasteiger charge is 2.15. The quantitative estimate of drug-likeness (QED) is 0.718. The van der Waals surface area contributed by atoms with Gasteiger partial charge < -0.3 is 5.32 Å². The number of aryl methyl sites for hydroxylation is 1. The number of hydrogen-bond donors (Lipinski definition) is 1. The zero-order valence-electron chi connectivity index (χ0n) is 12.6. The molecule has 1 unspecified atom stereocenters. The van der Waals surface area contributed by atoms with E-state index >= 15 is 0 Å². The van der Waals surface area contributed by atoms with Crippen LogP contribution < -0.4 is 5.32 Å². The highest BCUT2D eigenvalue weighted by Crippen LogP contribution is 2.30. The molecule has 1 nitrogen and oxygen atoms in total. The van der Waals surface area contributed by atoms with Gasteiger partial charge in [0.25, 0.3) is 0 Å². The van der Waals surface area contributed by atoms with Gasteiger partial charge in [0.15, 0.2) is 0 Å². The summed E-state index contributed by atoms with van der Waals surface area (Å²) in [5, 5.41) is 6.31. The molecule has 0 aliphatic heterocycles. The van der Waals surface area contributed by atoms with E-state index in [1.54, 1.807) is 0 Å². The van der Waals surface area contributed by atoms with E-state index in [0.717, 1.165) is 6.54 Å². The molecule has 3 rings (SSSR count). The van der Waals surface area contributed by atoms with Gasteiger partial charge in [0.05, 0.1) is 6.04 Å². The van der Waals surface area contributed by atoms with Gasteiger partial charge in [-0.15, -0.1) is 0 Å². The summed E-state index contributed by atoms with van der Waals surface area (Å²) in [6.07, 6.45) is 0. The van der Waals surface area contributed by atoms with Gasteiger partial charge in [-0.2, -0.15) is 0 Å². The van der Waals surface area contributed by atoms with Crippen molar-refractivity contribution in [3.8, 4) is 0 Å². The predicted molar refractivity (Wildman–Crippen MR) is 90.6 cm³/mol. The third kappa shape index (κ3) is 2.70. The summed E-state index contributed by atoms with van der Waals surface area (Å²) in [6, 6.07) is 24.1. The molecule has 0 heterocycles. The van der Waals surface area contributed by atoms with Gasteiger partial charge in [0, 0.05) is 0 Å². The average Bonchev–Trinajstić information content (AvgIpc) is 2.55. The zero-order valence-corrected chi connectivity index (χ0v) is 12.6. The van der Waals surface area contributed by atoms with E-state index in [9.17, 15) is 0 Å². The van der Waals surface area contributed by atoms with Gasteiger partial charge in [-0.05, 0) is 40.9 Å². The van der Waals surface area contributed by atoms with Crippen LogP contribution in [0, 0.1) is 6.92 Å². The van der Waals surface area contributed by atoms with Crippen molar-refractivity contribution >= 4 is 10.8 Å². The summed E-state index contributed by atoms with van der Waals surface area (Å²) in [6.45, 7) is 5.28. The molecule has 21 heavy (non-hydrogen) atoms. The fourth-order valence-electron chi connectivity index (χ4n) is 2.98. The minimum absolute atomic E-state index is 0.238. The molecule has 3 aromatic carbocycles. The molecule has 0 spiro atoms. The van der Waals surface area contributed by atoms with Crippen molar-refractivity contribution in [1.82, 2.24) is 5.32 Å². The van der Waals surface area contributed by atoms with E-state index in [2.05, 4.69) is 85.9 Å². The van der Waals surface area contributed by atoms with Crippen molar-refractivity contribution in [3.63, 3.8) is 0 Å². The molecule has 0 fully saturated rings. The first kappa shape index (κ1) is 13.8. The molecular weight excluding hydrogens is 254 g/mol. The van der Waals surface area contributed by atoms with E-state index in [4.69, 9.17) is 0 Å². The largest absolute Gasteiger partial charge is 0.307 e. The van der Waals surface area contributed by atoms with E-state index in [0.29, 0.717) is 0 Å². The van der Waals surface area contributed by atoms with Crippen LogP contribution in [0.25, 0.3) is 10.8 Å². The van der Waals surface area contributed by atoms with Gasteiger partial charge >= 0.3 is 0 Å². The molecule has 3 aromatic rings. The maximum Gasteiger partial charge on any atom is 0.0582 e. The Balaban J connectivity index is 2.19. The van der Waals surface area contributed by atoms with E-state index in [-0.39, 0.29) is 6.04 Å². The fraction of sp³-hybridized carbons (Fsp3) is 0.200. The Morgan fingerprint density at radius 3 is 2.19 bits per heavy atom. The Labute approximate surface area is 126 Å². The van der Waals surface area contributed by atoms with Gasteiger partial charge in [-0.25, -0.2) is 0 Å². The van der Waals surface area contributed by atoms with E-state index in [1.807, 2.05) is 0 Å². The molecule has 0 bridgehead atoms.